The Bertz CT molecular complexity index is 440. The van der Waals surface area contributed by atoms with Gasteiger partial charge in [-0.25, -0.2) is 0 Å². The van der Waals surface area contributed by atoms with Gasteiger partial charge in [0.2, 0.25) is 0 Å². The average molecular weight is 294 g/mol. The van der Waals surface area contributed by atoms with Crippen LogP contribution < -0.4 is 20.5 Å². The molecule has 1 aliphatic rings. The van der Waals surface area contributed by atoms with E-state index in [1.54, 1.807) is 0 Å². The van der Waals surface area contributed by atoms with Gasteiger partial charge in [0.1, 0.15) is 0 Å². The molecule has 0 spiro atoms. The van der Waals surface area contributed by atoms with Crippen LogP contribution in [0.4, 0.5) is 0 Å². The summed E-state index contributed by atoms with van der Waals surface area (Å²) in [6, 6.07) is 6.31. The molecule has 21 heavy (non-hydrogen) atoms. The average Bonchev–Trinajstić information content (AvgIpc) is 2.76. The second kappa shape index (κ2) is 8.22. The van der Waals surface area contributed by atoms with Crippen LogP contribution in [0.5, 0.6) is 11.5 Å². The van der Waals surface area contributed by atoms with E-state index < -0.39 is 0 Å². The van der Waals surface area contributed by atoms with Gasteiger partial charge in [0.25, 0.3) is 0 Å². The van der Waals surface area contributed by atoms with E-state index in [1.807, 2.05) is 18.2 Å². The smallest absolute Gasteiger partial charge is 0.161 e. The van der Waals surface area contributed by atoms with Gasteiger partial charge in [0.05, 0.1) is 13.2 Å². The standard InChI is InChI=1S/C16H26N2O3/c1-2-13(6-7-19)18-14(11-17)12-4-5-15-16(10-12)21-9-3-8-20-15/h4-5,10,13-14,18-19H,2-3,6-9,11,17H2,1H3. The summed E-state index contributed by atoms with van der Waals surface area (Å²) in [5.41, 5.74) is 7.01. The van der Waals surface area contributed by atoms with Crippen LogP contribution in [0.15, 0.2) is 18.2 Å². The van der Waals surface area contributed by atoms with E-state index in [1.165, 1.54) is 0 Å². The highest BCUT2D eigenvalue weighted by Gasteiger charge is 2.17. The molecule has 2 unspecified atom stereocenters. The van der Waals surface area contributed by atoms with Gasteiger partial charge in [-0.05, 0) is 30.5 Å². The van der Waals surface area contributed by atoms with E-state index >= 15 is 0 Å². The molecule has 1 aliphatic heterocycles. The fourth-order valence-corrected chi connectivity index (χ4v) is 2.54. The summed E-state index contributed by atoms with van der Waals surface area (Å²) in [4.78, 5) is 0. The largest absolute Gasteiger partial charge is 0.490 e. The summed E-state index contributed by atoms with van der Waals surface area (Å²) in [6.07, 6.45) is 2.59. The van der Waals surface area contributed by atoms with Crippen molar-refractivity contribution in [1.82, 2.24) is 5.32 Å². The SMILES string of the molecule is CCC(CCO)NC(CN)c1ccc2c(c1)OCCCO2. The quantitative estimate of drug-likeness (QED) is 0.712. The van der Waals surface area contributed by atoms with Crippen LogP contribution in [-0.4, -0.2) is 37.5 Å². The summed E-state index contributed by atoms with van der Waals surface area (Å²) in [7, 11) is 0. The molecule has 0 fully saturated rings. The monoisotopic (exact) mass is 294 g/mol. The molecule has 0 bridgehead atoms. The molecule has 5 heteroatoms. The van der Waals surface area contributed by atoms with Crippen molar-refractivity contribution in [3.8, 4) is 11.5 Å². The van der Waals surface area contributed by atoms with Gasteiger partial charge in [0, 0.05) is 31.7 Å². The molecule has 1 aromatic rings. The number of benzene rings is 1. The van der Waals surface area contributed by atoms with Gasteiger partial charge in [-0.3, -0.25) is 0 Å². The Kier molecular flexibility index (Phi) is 6.29. The minimum atomic E-state index is 0.0543. The van der Waals surface area contributed by atoms with E-state index in [9.17, 15) is 0 Å². The third kappa shape index (κ3) is 4.33. The Morgan fingerprint density at radius 3 is 2.71 bits per heavy atom. The number of ether oxygens (including phenoxy) is 2. The lowest BCUT2D eigenvalue weighted by molar-refractivity contribution is 0.255. The van der Waals surface area contributed by atoms with Gasteiger partial charge in [-0.1, -0.05) is 13.0 Å². The fraction of sp³-hybridized carbons (Fsp3) is 0.625. The van der Waals surface area contributed by atoms with Crippen LogP contribution in [0, 0.1) is 0 Å². The molecular formula is C16H26N2O3. The number of aliphatic hydroxyl groups is 1. The van der Waals surface area contributed by atoms with E-state index in [-0.39, 0.29) is 18.7 Å². The van der Waals surface area contributed by atoms with Crippen LogP contribution in [0.3, 0.4) is 0 Å². The Labute approximate surface area is 126 Å². The lowest BCUT2D eigenvalue weighted by atomic mass is 10.0. The van der Waals surface area contributed by atoms with Crippen molar-refractivity contribution in [2.24, 2.45) is 5.73 Å². The van der Waals surface area contributed by atoms with E-state index in [2.05, 4.69) is 12.2 Å². The van der Waals surface area contributed by atoms with Crippen LogP contribution >= 0.6 is 0 Å². The molecular weight excluding hydrogens is 268 g/mol. The molecule has 1 heterocycles. The van der Waals surface area contributed by atoms with Gasteiger partial charge in [-0.2, -0.15) is 0 Å². The van der Waals surface area contributed by atoms with E-state index in [0.717, 1.165) is 36.3 Å². The molecule has 0 radical (unpaired) electrons. The van der Waals surface area contributed by atoms with Crippen molar-refractivity contribution >= 4 is 0 Å². The highest BCUT2D eigenvalue weighted by atomic mass is 16.5. The topological polar surface area (TPSA) is 76.7 Å². The summed E-state index contributed by atoms with van der Waals surface area (Å²) < 4.78 is 11.4. The minimum Gasteiger partial charge on any atom is -0.490 e. The van der Waals surface area contributed by atoms with Crippen LogP contribution in [0.1, 0.15) is 37.8 Å². The van der Waals surface area contributed by atoms with Gasteiger partial charge < -0.3 is 25.6 Å². The zero-order chi connectivity index (χ0) is 15.1. The molecule has 0 amide bonds. The summed E-state index contributed by atoms with van der Waals surface area (Å²) in [6.45, 7) is 4.17. The molecule has 4 N–H and O–H groups in total. The zero-order valence-electron chi connectivity index (χ0n) is 12.7. The van der Waals surface area contributed by atoms with Gasteiger partial charge in [-0.15, -0.1) is 0 Å². The molecule has 2 atom stereocenters. The molecule has 0 aromatic heterocycles. The molecule has 5 nitrogen and oxygen atoms in total. The Morgan fingerprint density at radius 1 is 1.29 bits per heavy atom. The Morgan fingerprint density at radius 2 is 2.05 bits per heavy atom. The molecule has 2 rings (SSSR count). The van der Waals surface area contributed by atoms with E-state index in [4.69, 9.17) is 20.3 Å². The first-order valence-corrected chi connectivity index (χ1v) is 7.75. The highest BCUT2D eigenvalue weighted by molar-refractivity contribution is 5.44. The maximum Gasteiger partial charge on any atom is 0.161 e. The minimum absolute atomic E-state index is 0.0543. The van der Waals surface area contributed by atoms with Crippen molar-refractivity contribution in [3.05, 3.63) is 23.8 Å². The first-order chi connectivity index (χ1) is 10.3. The number of aliphatic hydroxyl groups excluding tert-OH is 1. The molecule has 0 saturated heterocycles. The first kappa shape index (κ1) is 16.1. The molecule has 1 aromatic carbocycles. The maximum absolute atomic E-state index is 9.11. The van der Waals surface area contributed by atoms with Crippen LogP contribution in [0.25, 0.3) is 0 Å². The summed E-state index contributed by atoms with van der Waals surface area (Å²) in [5.74, 6) is 1.59. The van der Waals surface area contributed by atoms with Crippen molar-refractivity contribution in [2.45, 2.75) is 38.3 Å². The van der Waals surface area contributed by atoms with E-state index in [0.29, 0.717) is 19.8 Å². The predicted octanol–water partition coefficient (Wildman–Crippen LogP) is 1.60. The maximum atomic E-state index is 9.11. The lowest BCUT2D eigenvalue weighted by Crippen LogP contribution is -2.37. The van der Waals surface area contributed by atoms with Gasteiger partial charge >= 0.3 is 0 Å². The zero-order valence-corrected chi connectivity index (χ0v) is 12.7. The third-order valence-corrected chi connectivity index (χ3v) is 3.82. The van der Waals surface area contributed by atoms with Crippen LogP contribution in [0.2, 0.25) is 0 Å². The Hall–Kier alpha value is -1.30. The summed E-state index contributed by atoms with van der Waals surface area (Å²) in [5, 5.41) is 12.6. The van der Waals surface area contributed by atoms with Gasteiger partial charge in [0.15, 0.2) is 11.5 Å². The predicted molar refractivity (Wildman–Crippen MR) is 82.8 cm³/mol. The fourth-order valence-electron chi connectivity index (χ4n) is 2.54. The third-order valence-electron chi connectivity index (χ3n) is 3.82. The Balaban J connectivity index is 2.12. The number of nitrogens with one attached hydrogen (secondary N) is 1. The first-order valence-electron chi connectivity index (χ1n) is 7.75. The van der Waals surface area contributed by atoms with Crippen molar-refractivity contribution in [2.75, 3.05) is 26.4 Å². The molecule has 118 valence electrons. The lowest BCUT2D eigenvalue weighted by Gasteiger charge is -2.24. The molecule has 0 saturated carbocycles. The van der Waals surface area contributed by atoms with Crippen molar-refractivity contribution in [1.29, 1.82) is 0 Å². The molecule has 0 aliphatic carbocycles. The number of hydrogen-bond donors (Lipinski definition) is 3. The normalized spacial score (nSPS) is 17.1. The highest BCUT2D eigenvalue weighted by Crippen LogP contribution is 2.32. The second-order valence-electron chi connectivity index (χ2n) is 5.33. The second-order valence-corrected chi connectivity index (χ2v) is 5.33. The number of nitrogens with two attached hydrogens (primary N) is 1. The summed E-state index contributed by atoms with van der Waals surface area (Å²) >= 11 is 0. The number of hydrogen-bond acceptors (Lipinski definition) is 5. The van der Waals surface area contributed by atoms with Crippen molar-refractivity contribution in [3.63, 3.8) is 0 Å². The number of rotatable bonds is 7. The van der Waals surface area contributed by atoms with Crippen LogP contribution in [-0.2, 0) is 0 Å². The number of fused-ring (bicyclic) bond motifs is 1. The van der Waals surface area contributed by atoms with Crippen molar-refractivity contribution < 1.29 is 14.6 Å².